The van der Waals surface area contributed by atoms with Crippen molar-refractivity contribution in [3.63, 3.8) is 0 Å². The van der Waals surface area contributed by atoms with Gasteiger partial charge >= 0.3 is 11.8 Å². The number of benzene rings is 1. The van der Waals surface area contributed by atoms with E-state index < -0.39 is 17.5 Å². The zero-order valence-corrected chi connectivity index (χ0v) is 18.8. The second kappa shape index (κ2) is 9.05. The first-order valence-corrected chi connectivity index (χ1v) is 11.4. The van der Waals surface area contributed by atoms with E-state index in [1.54, 1.807) is 12.3 Å². The zero-order valence-electron chi connectivity index (χ0n) is 18.8. The van der Waals surface area contributed by atoms with Crippen LogP contribution in [0.25, 0.3) is 0 Å². The molecular weight excluding hydrogens is 458 g/mol. The van der Waals surface area contributed by atoms with E-state index in [9.17, 15) is 18.4 Å². The molecule has 11 heteroatoms. The fourth-order valence-electron chi connectivity index (χ4n) is 4.88. The van der Waals surface area contributed by atoms with E-state index in [0.29, 0.717) is 11.3 Å². The second-order valence-corrected chi connectivity index (χ2v) is 9.28. The van der Waals surface area contributed by atoms with Gasteiger partial charge in [-0.15, -0.1) is 10.2 Å². The predicted molar refractivity (Wildman–Crippen MR) is 121 cm³/mol. The number of hydrogen-bond acceptors (Lipinski definition) is 7. The monoisotopic (exact) mass is 482 g/mol. The molecule has 182 valence electrons. The van der Waals surface area contributed by atoms with Crippen LogP contribution in [-0.2, 0) is 11.2 Å². The average molecular weight is 482 g/mol. The Morgan fingerprint density at radius 2 is 1.89 bits per heavy atom. The highest BCUT2D eigenvalue weighted by molar-refractivity contribution is 6.00. The molecule has 2 amide bonds. The molecule has 2 fully saturated rings. The van der Waals surface area contributed by atoms with Crippen LogP contribution in [0.2, 0.25) is 0 Å². The normalized spacial score (nSPS) is 17.3. The van der Waals surface area contributed by atoms with Crippen molar-refractivity contribution in [2.24, 2.45) is 17.1 Å². The van der Waals surface area contributed by atoms with Crippen molar-refractivity contribution in [2.45, 2.75) is 32.1 Å². The van der Waals surface area contributed by atoms with Gasteiger partial charge < -0.3 is 20.4 Å². The number of hydrogen-bond donors (Lipinski definition) is 2. The lowest BCUT2D eigenvalue weighted by Crippen LogP contribution is -2.50. The molecule has 2 aliphatic rings. The molecule has 3 aromatic rings. The van der Waals surface area contributed by atoms with Gasteiger partial charge in [0, 0.05) is 19.0 Å². The molecule has 5 rings (SSSR count). The Hall–Kier alpha value is -3.89. The van der Waals surface area contributed by atoms with Crippen molar-refractivity contribution >= 4 is 23.3 Å². The molecular formula is C24H24F2N6O3. The number of carbonyl (C=O) groups excluding carboxylic acids is 2. The van der Waals surface area contributed by atoms with Crippen molar-refractivity contribution in [1.82, 2.24) is 15.2 Å². The van der Waals surface area contributed by atoms with E-state index in [0.717, 1.165) is 56.7 Å². The van der Waals surface area contributed by atoms with E-state index in [1.165, 1.54) is 6.07 Å². The number of aromatic nitrogens is 3. The summed E-state index contributed by atoms with van der Waals surface area (Å²) >= 11 is 0. The number of carbonyl (C=O) groups is 2. The first kappa shape index (κ1) is 22.9. The van der Waals surface area contributed by atoms with Gasteiger partial charge in [0.1, 0.15) is 5.82 Å². The third kappa shape index (κ3) is 4.84. The van der Waals surface area contributed by atoms with Crippen LogP contribution in [0.4, 0.5) is 20.3 Å². The van der Waals surface area contributed by atoms with Crippen molar-refractivity contribution in [1.29, 1.82) is 0 Å². The lowest BCUT2D eigenvalue weighted by atomic mass is 9.57. The quantitative estimate of drug-likeness (QED) is 0.553. The van der Waals surface area contributed by atoms with Gasteiger partial charge in [0.15, 0.2) is 11.6 Å². The molecule has 0 atom stereocenters. The number of primary amides is 1. The Kier molecular flexibility index (Phi) is 5.91. The van der Waals surface area contributed by atoms with Gasteiger partial charge in [0.2, 0.25) is 11.8 Å². The zero-order chi connectivity index (χ0) is 24.6. The van der Waals surface area contributed by atoms with E-state index in [1.807, 2.05) is 6.07 Å². The molecule has 35 heavy (non-hydrogen) atoms. The number of nitrogens with two attached hydrogens (primary N) is 1. The van der Waals surface area contributed by atoms with Crippen LogP contribution in [0.5, 0.6) is 0 Å². The van der Waals surface area contributed by atoms with Gasteiger partial charge in [-0.3, -0.25) is 9.59 Å². The lowest BCUT2D eigenvalue weighted by molar-refractivity contribution is -0.130. The summed E-state index contributed by atoms with van der Waals surface area (Å²) in [7, 11) is 0. The summed E-state index contributed by atoms with van der Waals surface area (Å²) in [4.78, 5) is 30.4. The van der Waals surface area contributed by atoms with Crippen molar-refractivity contribution in [3.8, 4) is 0 Å². The molecule has 2 aromatic heterocycles. The van der Waals surface area contributed by atoms with Gasteiger partial charge in [-0.25, -0.2) is 13.8 Å². The molecule has 1 aliphatic heterocycles. The van der Waals surface area contributed by atoms with Gasteiger partial charge in [-0.2, -0.15) is 0 Å². The molecule has 3 heterocycles. The SMILES string of the molecule is NC(=O)C1CC2(CCN(c3ccc(NC(=O)c4nnc(Cc5ccc(F)c(F)c5)o4)cn3)CC2)C1. The molecule has 9 nitrogen and oxygen atoms in total. The summed E-state index contributed by atoms with van der Waals surface area (Å²) < 4.78 is 31.8. The number of nitrogens with one attached hydrogen (secondary N) is 1. The number of pyridine rings is 1. The van der Waals surface area contributed by atoms with Gasteiger partial charge in [-0.1, -0.05) is 6.07 Å². The highest BCUT2D eigenvalue weighted by Gasteiger charge is 2.47. The second-order valence-electron chi connectivity index (χ2n) is 9.28. The first-order valence-electron chi connectivity index (χ1n) is 11.4. The molecule has 1 saturated carbocycles. The molecule has 3 N–H and O–H groups in total. The summed E-state index contributed by atoms with van der Waals surface area (Å²) in [6.45, 7) is 1.71. The topological polar surface area (TPSA) is 127 Å². The molecule has 1 spiro atoms. The van der Waals surface area contributed by atoms with E-state index in [2.05, 4.69) is 25.4 Å². The number of amides is 2. The minimum atomic E-state index is -0.972. The molecule has 0 radical (unpaired) electrons. The summed E-state index contributed by atoms with van der Waals surface area (Å²) in [6.07, 6.45) is 5.39. The number of piperidine rings is 1. The third-order valence-electron chi connectivity index (χ3n) is 6.92. The smallest absolute Gasteiger partial charge is 0.313 e. The van der Waals surface area contributed by atoms with Crippen molar-refractivity contribution in [2.75, 3.05) is 23.3 Å². The Bertz CT molecular complexity index is 1250. The summed E-state index contributed by atoms with van der Waals surface area (Å²) in [6, 6.07) is 7.04. The Labute approximate surface area is 199 Å². The third-order valence-corrected chi connectivity index (χ3v) is 6.92. The van der Waals surface area contributed by atoms with Crippen LogP contribution in [0, 0.1) is 23.0 Å². The summed E-state index contributed by atoms with van der Waals surface area (Å²) in [5, 5.41) is 10.2. The van der Waals surface area contributed by atoms with Crippen LogP contribution in [0.1, 0.15) is 47.8 Å². The van der Waals surface area contributed by atoms with E-state index in [4.69, 9.17) is 10.2 Å². The average Bonchev–Trinajstić information content (AvgIpc) is 3.29. The fourth-order valence-corrected chi connectivity index (χ4v) is 4.88. The molecule has 1 aromatic carbocycles. The van der Waals surface area contributed by atoms with Crippen molar-refractivity contribution in [3.05, 3.63) is 65.5 Å². The van der Waals surface area contributed by atoms with E-state index >= 15 is 0 Å². The number of rotatable bonds is 6. The Morgan fingerprint density at radius 3 is 2.54 bits per heavy atom. The van der Waals surface area contributed by atoms with Gasteiger partial charge in [0.25, 0.3) is 0 Å². The largest absolute Gasteiger partial charge is 0.417 e. The van der Waals surface area contributed by atoms with Crippen LogP contribution in [0.3, 0.4) is 0 Å². The predicted octanol–water partition coefficient (Wildman–Crippen LogP) is 3.07. The van der Waals surface area contributed by atoms with Crippen molar-refractivity contribution < 1.29 is 22.8 Å². The molecule has 1 aliphatic carbocycles. The number of nitrogens with zero attached hydrogens (tertiary/aromatic N) is 4. The number of anilines is 2. The standard InChI is InChI=1S/C24H24F2N6O3/c25-17-3-1-14(9-18(17)26)10-20-30-31-23(35-20)22(34)29-16-2-4-19(28-13-16)32-7-5-24(6-8-32)11-15(12-24)21(27)33/h1-4,9,13,15H,5-8,10-12H2,(H2,27,33)(H,29,34). The maximum atomic E-state index is 13.4. The van der Waals surface area contributed by atoms with Crippen LogP contribution < -0.4 is 16.0 Å². The van der Waals surface area contributed by atoms with Crippen LogP contribution >= 0.6 is 0 Å². The maximum absolute atomic E-state index is 13.4. The summed E-state index contributed by atoms with van der Waals surface area (Å²) in [5.41, 5.74) is 6.55. The minimum absolute atomic E-state index is 0.0170. The Balaban J connectivity index is 1.14. The fraction of sp³-hybridized carbons (Fsp3) is 0.375. The van der Waals surface area contributed by atoms with Gasteiger partial charge in [-0.05, 0) is 60.9 Å². The van der Waals surface area contributed by atoms with Crippen LogP contribution in [-0.4, -0.2) is 40.1 Å². The maximum Gasteiger partial charge on any atom is 0.313 e. The first-order chi connectivity index (χ1) is 16.8. The molecule has 1 saturated heterocycles. The minimum Gasteiger partial charge on any atom is -0.417 e. The highest BCUT2D eigenvalue weighted by Crippen LogP contribution is 2.52. The highest BCUT2D eigenvalue weighted by atomic mass is 19.2. The molecule has 0 bridgehead atoms. The summed E-state index contributed by atoms with van der Waals surface area (Å²) in [5.74, 6) is -2.03. The number of halogens is 2. The van der Waals surface area contributed by atoms with Gasteiger partial charge in [0.05, 0.1) is 18.3 Å². The van der Waals surface area contributed by atoms with E-state index in [-0.39, 0.29) is 35.4 Å². The molecule has 0 unspecified atom stereocenters. The van der Waals surface area contributed by atoms with Crippen LogP contribution in [0.15, 0.2) is 40.9 Å². The Morgan fingerprint density at radius 1 is 1.11 bits per heavy atom. The lowest BCUT2D eigenvalue weighted by Gasteiger charge is -2.51.